The van der Waals surface area contributed by atoms with Crippen LogP contribution in [0.1, 0.15) is 23.8 Å². The quantitative estimate of drug-likeness (QED) is 0.618. The van der Waals surface area contributed by atoms with Crippen LogP contribution < -0.4 is 10.6 Å². The van der Waals surface area contributed by atoms with Gasteiger partial charge in [0.05, 0.1) is 12.6 Å². The minimum absolute atomic E-state index is 0.197. The molecular weight excluding hydrogens is 373 g/mol. The molecule has 1 atom stereocenters. The maximum Gasteiger partial charge on any atom is 0.191 e. The molecule has 4 rings (SSSR count). The molecule has 7 heteroatoms. The summed E-state index contributed by atoms with van der Waals surface area (Å²) in [5, 5.41) is 2.14. The van der Waals surface area contributed by atoms with Crippen LogP contribution in [0.3, 0.4) is 0 Å². The molecule has 1 unspecified atom stereocenters. The zero-order valence-electron chi connectivity index (χ0n) is 16.1. The molecule has 0 amide bonds. The van der Waals surface area contributed by atoms with E-state index in [1.54, 1.807) is 11.3 Å². The van der Waals surface area contributed by atoms with Gasteiger partial charge in [-0.25, -0.2) is 4.39 Å². The Morgan fingerprint density at radius 1 is 1.04 bits per heavy atom. The molecule has 2 N–H and O–H groups in total. The van der Waals surface area contributed by atoms with E-state index in [2.05, 4.69) is 32.2 Å². The number of halogens is 1. The van der Waals surface area contributed by atoms with Gasteiger partial charge in [0.15, 0.2) is 5.96 Å². The lowest BCUT2D eigenvalue weighted by atomic mass is 10.2. The summed E-state index contributed by atoms with van der Waals surface area (Å²) in [5.74, 6) is 0.441. The maximum atomic E-state index is 13.1. The monoisotopic (exact) mass is 401 g/mol. The van der Waals surface area contributed by atoms with Gasteiger partial charge in [0, 0.05) is 36.7 Å². The van der Waals surface area contributed by atoms with E-state index in [1.807, 2.05) is 12.1 Å². The van der Waals surface area contributed by atoms with Crippen LogP contribution in [-0.4, -0.2) is 61.6 Å². The zero-order valence-corrected chi connectivity index (χ0v) is 17.0. The summed E-state index contributed by atoms with van der Waals surface area (Å²) in [6, 6.07) is 11.4. The molecule has 0 bridgehead atoms. The van der Waals surface area contributed by atoms with Crippen molar-refractivity contribution in [2.45, 2.75) is 18.9 Å². The maximum absolute atomic E-state index is 13.1. The van der Waals surface area contributed by atoms with Gasteiger partial charge >= 0.3 is 0 Å². The molecule has 2 saturated heterocycles. The van der Waals surface area contributed by atoms with Gasteiger partial charge in [-0.15, -0.1) is 11.3 Å². The van der Waals surface area contributed by atoms with Crippen molar-refractivity contribution < 1.29 is 4.39 Å². The van der Waals surface area contributed by atoms with Crippen LogP contribution in [-0.2, 0) is 0 Å². The lowest BCUT2D eigenvalue weighted by Gasteiger charge is -2.36. The first-order chi connectivity index (χ1) is 13.7. The number of hydrogen-bond acceptors (Lipinski definition) is 4. The van der Waals surface area contributed by atoms with Gasteiger partial charge in [-0.2, -0.15) is 0 Å². The summed E-state index contributed by atoms with van der Waals surface area (Å²) >= 11 is 1.81. The number of piperazine rings is 1. The number of guanidine groups is 1. The van der Waals surface area contributed by atoms with Gasteiger partial charge in [0.1, 0.15) is 5.82 Å². The minimum Gasteiger partial charge on any atom is -0.370 e. The Balaban J connectivity index is 1.35. The number of hydrogen-bond donors (Lipinski definition) is 1. The van der Waals surface area contributed by atoms with Crippen LogP contribution in [0.4, 0.5) is 10.1 Å². The van der Waals surface area contributed by atoms with Crippen LogP contribution in [0, 0.1) is 5.82 Å². The summed E-state index contributed by atoms with van der Waals surface area (Å²) in [4.78, 5) is 13.1. The Labute approximate surface area is 170 Å². The molecule has 1 aromatic heterocycles. The standard InChI is InChI=1S/C21H28FN5S/c22-17-5-7-18(8-6-17)25-11-13-27(14-12-25)21(23)24-16-19(20-4-3-15-28-20)26-9-1-2-10-26/h3-8,15,19H,1-2,9-14,16H2,(H2,23,24). The number of anilines is 1. The van der Waals surface area contributed by atoms with Crippen molar-refractivity contribution in [3.8, 4) is 0 Å². The zero-order chi connectivity index (χ0) is 19.3. The fraction of sp³-hybridized carbons (Fsp3) is 0.476. The van der Waals surface area contributed by atoms with Gasteiger partial charge in [-0.05, 0) is 61.6 Å². The Hall–Kier alpha value is -2.12. The van der Waals surface area contributed by atoms with Crippen LogP contribution in [0.15, 0.2) is 46.8 Å². The Morgan fingerprint density at radius 2 is 1.75 bits per heavy atom. The third-order valence-electron chi connectivity index (χ3n) is 5.67. The highest BCUT2D eigenvalue weighted by atomic mass is 32.1. The van der Waals surface area contributed by atoms with Gasteiger partial charge < -0.3 is 15.5 Å². The predicted molar refractivity (Wildman–Crippen MR) is 115 cm³/mol. The predicted octanol–water partition coefficient (Wildman–Crippen LogP) is 3.16. The number of benzene rings is 1. The van der Waals surface area contributed by atoms with Crippen molar-refractivity contribution >= 4 is 23.0 Å². The molecule has 0 spiro atoms. The van der Waals surface area contributed by atoms with E-state index in [0.717, 1.165) is 45.0 Å². The fourth-order valence-corrected chi connectivity index (χ4v) is 4.90. The smallest absolute Gasteiger partial charge is 0.191 e. The SMILES string of the molecule is NC(=NCC(c1cccs1)N1CCCC1)N1CCN(c2ccc(F)cc2)CC1. The number of aliphatic imine (C=N–C) groups is 1. The van der Waals surface area contributed by atoms with Crippen molar-refractivity contribution in [3.05, 3.63) is 52.5 Å². The van der Waals surface area contributed by atoms with E-state index in [4.69, 9.17) is 10.7 Å². The van der Waals surface area contributed by atoms with E-state index in [9.17, 15) is 4.39 Å². The average Bonchev–Trinajstić information content (AvgIpc) is 3.44. The molecule has 0 aliphatic carbocycles. The normalized spacial score (nSPS) is 20.0. The van der Waals surface area contributed by atoms with Crippen molar-refractivity contribution in [3.63, 3.8) is 0 Å². The van der Waals surface area contributed by atoms with Crippen molar-refractivity contribution in [1.82, 2.24) is 9.80 Å². The molecule has 5 nitrogen and oxygen atoms in total. The third-order valence-corrected chi connectivity index (χ3v) is 6.65. The molecule has 150 valence electrons. The van der Waals surface area contributed by atoms with E-state index in [1.165, 1.54) is 29.9 Å². The molecule has 28 heavy (non-hydrogen) atoms. The van der Waals surface area contributed by atoms with Crippen LogP contribution in [0.5, 0.6) is 0 Å². The van der Waals surface area contributed by atoms with Crippen LogP contribution >= 0.6 is 11.3 Å². The lowest BCUT2D eigenvalue weighted by Crippen LogP contribution is -2.51. The average molecular weight is 402 g/mol. The third kappa shape index (κ3) is 4.47. The first-order valence-electron chi connectivity index (χ1n) is 10.0. The molecule has 0 radical (unpaired) electrons. The van der Waals surface area contributed by atoms with Gasteiger partial charge in [-0.3, -0.25) is 9.89 Å². The summed E-state index contributed by atoms with van der Waals surface area (Å²) in [6.45, 7) is 6.40. The molecule has 2 fully saturated rings. The van der Waals surface area contributed by atoms with Crippen LogP contribution in [0.25, 0.3) is 0 Å². The molecule has 2 aliphatic rings. The first kappa shape index (κ1) is 19.2. The van der Waals surface area contributed by atoms with Crippen LogP contribution in [0.2, 0.25) is 0 Å². The second kappa shape index (κ2) is 8.92. The molecule has 2 aliphatic heterocycles. The summed E-state index contributed by atoms with van der Waals surface area (Å²) < 4.78 is 13.1. The molecule has 1 aromatic carbocycles. The molecular formula is C21H28FN5S. The first-order valence-corrected chi connectivity index (χ1v) is 10.9. The van der Waals surface area contributed by atoms with Crippen molar-refractivity contribution in [2.75, 3.05) is 50.7 Å². The Bertz CT molecular complexity index is 763. The largest absolute Gasteiger partial charge is 0.370 e. The molecule has 2 aromatic rings. The van der Waals surface area contributed by atoms with Gasteiger partial charge in [0.2, 0.25) is 0 Å². The lowest BCUT2D eigenvalue weighted by molar-refractivity contribution is 0.254. The van der Waals surface area contributed by atoms with Gasteiger partial charge in [-0.1, -0.05) is 6.07 Å². The summed E-state index contributed by atoms with van der Waals surface area (Å²) in [6.07, 6.45) is 2.54. The van der Waals surface area contributed by atoms with Crippen molar-refractivity contribution in [2.24, 2.45) is 10.7 Å². The number of thiophene rings is 1. The summed E-state index contributed by atoms with van der Waals surface area (Å²) in [7, 11) is 0. The second-order valence-corrected chi connectivity index (χ2v) is 8.40. The molecule has 3 heterocycles. The Morgan fingerprint density at radius 3 is 2.39 bits per heavy atom. The summed E-state index contributed by atoms with van der Waals surface area (Å²) in [5.41, 5.74) is 7.40. The number of rotatable bonds is 5. The highest BCUT2D eigenvalue weighted by molar-refractivity contribution is 7.10. The fourth-order valence-electron chi connectivity index (χ4n) is 4.05. The molecule has 0 saturated carbocycles. The number of nitrogens with two attached hydrogens (primary N) is 1. The van der Waals surface area contributed by atoms with E-state index >= 15 is 0 Å². The van der Waals surface area contributed by atoms with E-state index in [0.29, 0.717) is 18.5 Å². The number of nitrogens with zero attached hydrogens (tertiary/aromatic N) is 4. The van der Waals surface area contributed by atoms with Crippen molar-refractivity contribution in [1.29, 1.82) is 0 Å². The van der Waals surface area contributed by atoms with E-state index < -0.39 is 0 Å². The topological polar surface area (TPSA) is 48.1 Å². The second-order valence-electron chi connectivity index (χ2n) is 7.42. The minimum atomic E-state index is -0.197. The highest BCUT2D eigenvalue weighted by Crippen LogP contribution is 2.28. The van der Waals surface area contributed by atoms with E-state index in [-0.39, 0.29) is 5.82 Å². The van der Waals surface area contributed by atoms with Gasteiger partial charge in [0.25, 0.3) is 0 Å². The highest BCUT2D eigenvalue weighted by Gasteiger charge is 2.25. The Kier molecular flexibility index (Phi) is 6.12. The number of likely N-dealkylation sites (tertiary alicyclic amines) is 1.